The average Bonchev–Trinajstić information content (AvgIpc) is 2.88. The van der Waals surface area contributed by atoms with Crippen LogP contribution in [0.3, 0.4) is 0 Å². The molecule has 2 aliphatic heterocycles. The van der Waals surface area contributed by atoms with E-state index in [2.05, 4.69) is 10.6 Å². The van der Waals surface area contributed by atoms with Gasteiger partial charge in [-0.3, -0.25) is 4.79 Å². The maximum absolute atomic E-state index is 12.2. The van der Waals surface area contributed by atoms with E-state index >= 15 is 0 Å². The molecular weight excluding hydrogens is 246 g/mol. The highest BCUT2D eigenvalue weighted by Crippen LogP contribution is 2.15. The molecule has 19 heavy (non-hydrogen) atoms. The van der Waals surface area contributed by atoms with Gasteiger partial charge in [0, 0.05) is 26.2 Å². The maximum Gasteiger partial charge on any atom is 0.318 e. The van der Waals surface area contributed by atoms with Crippen molar-refractivity contribution in [3.63, 3.8) is 0 Å². The number of carbonyl (C=O) groups excluding carboxylic acids is 2. The quantitative estimate of drug-likeness (QED) is 0.776. The van der Waals surface area contributed by atoms with Crippen LogP contribution in [0.4, 0.5) is 4.79 Å². The van der Waals surface area contributed by atoms with Gasteiger partial charge >= 0.3 is 6.03 Å². The third kappa shape index (κ3) is 3.37. The molecule has 2 N–H and O–H groups in total. The van der Waals surface area contributed by atoms with E-state index in [1.807, 2.05) is 13.8 Å². The highest BCUT2D eigenvalue weighted by atomic mass is 16.5. The van der Waals surface area contributed by atoms with Gasteiger partial charge in [-0.15, -0.1) is 0 Å². The molecule has 6 heteroatoms. The summed E-state index contributed by atoms with van der Waals surface area (Å²) in [5, 5.41) is 5.69. The van der Waals surface area contributed by atoms with Crippen molar-refractivity contribution in [1.29, 1.82) is 0 Å². The first-order chi connectivity index (χ1) is 9.09. The first-order valence-corrected chi connectivity index (χ1v) is 7.03. The van der Waals surface area contributed by atoms with Gasteiger partial charge < -0.3 is 20.3 Å². The molecule has 2 saturated heterocycles. The number of hydrogen-bond acceptors (Lipinski definition) is 3. The van der Waals surface area contributed by atoms with E-state index in [1.54, 1.807) is 4.90 Å². The monoisotopic (exact) mass is 269 g/mol. The smallest absolute Gasteiger partial charge is 0.318 e. The number of amides is 3. The Morgan fingerprint density at radius 3 is 3.00 bits per heavy atom. The van der Waals surface area contributed by atoms with Crippen molar-refractivity contribution in [3.8, 4) is 0 Å². The summed E-state index contributed by atoms with van der Waals surface area (Å²) in [7, 11) is 0. The summed E-state index contributed by atoms with van der Waals surface area (Å²) in [6, 6.07) is -0.540. The normalized spacial score (nSPS) is 27.5. The third-order valence-electron chi connectivity index (χ3n) is 3.65. The summed E-state index contributed by atoms with van der Waals surface area (Å²) in [5.74, 6) is 0.0438. The number of hydrogen-bond donors (Lipinski definition) is 2. The second-order valence-corrected chi connectivity index (χ2v) is 5.49. The molecule has 3 amide bonds. The molecule has 2 fully saturated rings. The van der Waals surface area contributed by atoms with Crippen molar-refractivity contribution in [2.75, 3.05) is 26.2 Å². The molecule has 2 unspecified atom stereocenters. The summed E-state index contributed by atoms with van der Waals surface area (Å²) >= 11 is 0. The van der Waals surface area contributed by atoms with E-state index in [-0.39, 0.29) is 30.0 Å². The van der Waals surface area contributed by atoms with E-state index in [4.69, 9.17) is 4.74 Å². The van der Waals surface area contributed by atoms with Crippen molar-refractivity contribution < 1.29 is 14.3 Å². The van der Waals surface area contributed by atoms with Gasteiger partial charge in [0.2, 0.25) is 5.91 Å². The van der Waals surface area contributed by atoms with E-state index in [9.17, 15) is 9.59 Å². The number of nitrogens with zero attached hydrogens (tertiary/aromatic N) is 1. The van der Waals surface area contributed by atoms with Crippen molar-refractivity contribution in [2.24, 2.45) is 5.92 Å². The number of ether oxygens (including phenoxy) is 1. The molecule has 2 atom stereocenters. The molecule has 0 aromatic heterocycles. The standard InChI is InChI=1S/C13H23N3O3/c1-9(2)11-12(17)14-5-6-16(11)13(18)15-8-10-4-3-7-19-10/h9-11H,3-8H2,1-2H3,(H,14,17)(H,15,18). The molecular formula is C13H23N3O3. The van der Waals surface area contributed by atoms with Crippen molar-refractivity contribution in [1.82, 2.24) is 15.5 Å². The van der Waals surface area contributed by atoms with E-state index in [0.717, 1.165) is 19.4 Å². The van der Waals surface area contributed by atoms with E-state index in [1.165, 1.54) is 0 Å². The Morgan fingerprint density at radius 1 is 1.58 bits per heavy atom. The lowest BCUT2D eigenvalue weighted by atomic mass is 10.00. The molecule has 0 aliphatic carbocycles. The first kappa shape index (κ1) is 14.1. The summed E-state index contributed by atoms with van der Waals surface area (Å²) in [6.45, 7) is 6.30. The Balaban J connectivity index is 1.89. The molecule has 0 bridgehead atoms. The average molecular weight is 269 g/mol. The van der Waals surface area contributed by atoms with Crippen LogP contribution in [-0.2, 0) is 9.53 Å². The SMILES string of the molecule is CC(C)C1C(=O)NCCN1C(=O)NCC1CCCO1. The van der Waals surface area contributed by atoms with Crippen molar-refractivity contribution >= 4 is 11.9 Å². The van der Waals surface area contributed by atoms with Crippen LogP contribution in [0.1, 0.15) is 26.7 Å². The predicted molar refractivity (Wildman–Crippen MR) is 70.7 cm³/mol. The second-order valence-electron chi connectivity index (χ2n) is 5.49. The zero-order valence-corrected chi connectivity index (χ0v) is 11.6. The van der Waals surface area contributed by atoms with Gasteiger partial charge in [-0.05, 0) is 18.8 Å². The van der Waals surface area contributed by atoms with Gasteiger partial charge in [-0.2, -0.15) is 0 Å². The summed E-state index contributed by atoms with van der Waals surface area (Å²) in [5.41, 5.74) is 0. The minimum absolute atomic E-state index is 0.0616. The van der Waals surface area contributed by atoms with Crippen LogP contribution in [0.2, 0.25) is 0 Å². The van der Waals surface area contributed by atoms with Gasteiger partial charge in [0.1, 0.15) is 6.04 Å². The number of rotatable bonds is 3. The molecule has 2 rings (SSSR count). The number of nitrogens with one attached hydrogen (secondary N) is 2. The molecule has 0 aromatic rings. The Morgan fingerprint density at radius 2 is 2.37 bits per heavy atom. The lowest BCUT2D eigenvalue weighted by molar-refractivity contribution is -0.129. The van der Waals surface area contributed by atoms with Gasteiger partial charge in [-0.25, -0.2) is 4.79 Å². The Bertz CT molecular complexity index is 340. The number of carbonyl (C=O) groups is 2. The third-order valence-corrected chi connectivity index (χ3v) is 3.65. The van der Waals surface area contributed by atoms with E-state index in [0.29, 0.717) is 19.6 Å². The molecule has 6 nitrogen and oxygen atoms in total. The molecule has 2 heterocycles. The fourth-order valence-corrected chi connectivity index (χ4v) is 2.68. The highest BCUT2D eigenvalue weighted by molar-refractivity contribution is 5.88. The topological polar surface area (TPSA) is 70.7 Å². The van der Waals surface area contributed by atoms with Gasteiger partial charge in [-0.1, -0.05) is 13.8 Å². The molecule has 0 saturated carbocycles. The fourth-order valence-electron chi connectivity index (χ4n) is 2.68. The zero-order chi connectivity index (χ0) is 13.8. The Kier molecular flexibility index (Phi) is 4.63. The first-order valence-electron chi connectivity index (χ1n) is 7.03. The summed E-state index contributed by atoms with van der Waals surface area (Å²) in [4.78, 5) is 25.7. The Labute approximate surface area is 113 Å². The van der Waals surface area contributed by atoms with E-state index < -0.39 is 0 Å². The van der Waals surface area contributed by atoms with Crippen LogP contribution in [0.25, 0.3) is 0 Å². The molecule has 0 radical (unpaired) electrons. The Hall–Kier alpha value is -1.30. The minimum atomic E-state index is -0.377. The van der Waals surface area contributed by atoms with Crippen LogP contribution < -0.4 is 10.6 Å². The van der Waals surface area contributed by atoms with Gasteiger partial charge in [0.05, 0.1) is 6.10 Å². The molecule has 2 aliphatic rings. The largest absolute Gasteiger partial charge is 0.376 e. The summed E-state index contributed by atoms with van der Waals surface area (Å²) in [6.07, 6.45) is 2.18. The molecule has 0 aromatic carbocycles. The fraction of sp³-hybridized carbons (Fsp3) is 0.846. The summed E-state index contributed by atoms with van der Waals surface area (Å²) < 4.78 is 5.47. The molecule has 108 valence electrons. The second kappa shape index (κ2) is 6.23. The maximum atomic E-state index is 12.2. The lowest BCUT2D eigenvalue weighted by Gasteiger charge is -2.37. The lowest BCUT2D eigenvalue weighted by Crippen LogP contribution is -2.61. The van der Waals surface area contributed by atoms with Crippen LogP contribution in [0.5, 0.6) is 0 Å². The minimum Gasteiger partial charge on any atom is -0.376 e. The highest BCUT2D eigenvalue weighted by Gasteiger charge is 2.35. The van der Waals surface area contributed by atoms with Gasteiger partial charge in [0.25, 0.3) is 0 Å². The van der Waals surface area contributed by atoms with Gasteiger partial charge in [0.15, 0.2) is 0 Å². The number of piperazine rings is 1. The van der Waals surface area contributed by atoms with Crippen LogP contribution in [-0.4, -0.2) is 55.2 Å². The van der Waals surface area contributed by atoms with Crippen LogP contribution in [0.15, 0.2) is 0 Å². The van der Waals surface area contributed by atoms with Crippen LogP contribution in [0, 0.1) is 5.92 Å². The van der Waals surface area contributed by atoms with Crippen molar-refractivity contribution in [2.45, 2.75) is 38.8 Å². The number of urea groups is 1. The van der Waals surface area contributed by atoms with Crippen LogP contribution >= 0.6 is 0 Å². The molecule has 0 spiro atoms. The van der Waals surface area contributed by atoms with Crippen molar-refractivity contribution in [3.05, 3.63) is 0 Å². The predicted octanol–water partition coefficient (Wildman–Crippen LogP) is 0.331. The zero-order valence-electron chi connectivity index (χ0n) is 11.6.